The summed E-state index contributed by atoms with van der Waals surface area (Å²) in [7, 11) is 0. The standard InChI is InChI=1S/C18H21FN4O5/c1-3-18(9-24)13(25)7-12(28-18)10-5-6-11-14(20-8-10)15(22-16(19)21-11)23-17(26)27-4-2/h1,8,10,12-13,24-25H,4-7,9H2,2H3,(H,21,22,23,26)/t10?,12-,13+,18-/m1/s1. The summed E-state index contributed by atoms with van der Waals surface area (Å²) < 4.78 is 24.4. The second kappa shape index (κ2) is 8.18. The average molecular weight is 392 g/mol. The molecule has 1 unspecified atom stereocenters. The predicted octanol–water partition coefficient (Wildman–Crippen LogP) is 0.963. The van der Waals surface area contributed by atoms with Gasteiger partial charge in [0.05, 0.1) is 31.1 Å². The molecule has 3 N–H and O–H groups in total. The normalized spacial score (nSPS) is 28.9. The van der Waals surface area contributed by atoms with Crippen LogP contribution in [0.4, 0.5) is 20.7 Å². The van der Waals surface area contributed by atoms with Gasteiger partial charge >= 0.3 is 12.2 Å². The number of carbonyl (C=O) groups excluding carboxylic acids is 1. The number of nitrogens with zero attached hydrogens (tertiary/aromatic N) is 3. The number of aliphatic hydroxyl groups is 2. The number of aromatic nitrogens is 2. The first-order chi connectivity index (χ1) is 13.4. The van der Waals surface area contributed by atoms with E-state index in [1.165, 1.54) is 0 Å². The summed E-state index contributed by atoms with van der Waals surface area (Å²) in [5.41, 5.74) is -0.872. The molecule has 28 heavy (non-hydrogen) atoms. The van der Waals surface area contributed by atoms with Gasteiger partial charge in [-0.3, -0.25) is 10.3 Å². The minimum atomic E-state index is -1.44. The quantitative estimate of drug-likeness (QED) is 0.515. The number of ether oxygens (including phenoxy) is 2. The molecule has 0 radical (unpaired) electrons. The first-order valence-corrected chi connectivity index (χ1v) is 8.91. The van der Waals surface area contributed by atoms with Gasteiger partial charge in [-0.1, -0.05) is 5.92 Å². The molecular weight excluding hydrogens is 371 g/mol. The van der Waals surface area contributed by atoms with E-state index in [9.17, 15) is 19.4 Å². The number of aryl methyl sites for hydroxylation is 1. The summed E-state index contributed by atoms with van der Waals surface area (Å²) in [6, 6.07) is 0. The molecule has 0 bridgehead atoms. The molecule has 4 atom stereocenters. The molecule has 10 heteroatoms. The van der Waals surface area contributed by atoms with Crippen molar-refractivity contribution in [2.45, 2.75) is 44.0 Å². The molecule has 0 aliphatic carbocycles. The third kappa shape index (κ3) is 3.82. The largest absolute Gasteiger partial charge is 0.450 e. The van der Waals surface area contributed by atoms with Crippen LogP contribution in [0.25, 0.3) is 0 Å². The van der Waals surface area contributed by atoms with Crippen molar-refractivity contribution in [1.29, 1.82) is 0 Å². The van der Waals surface area contributed by atoms with E-state index in [0.717, 1.165) is 0 Å². The molecule has 0 aromatic carbocycles. The number of hydrogen-bond donors (Lipinski definition) is 3. The maximum Gasteiger partial charge on any atom is 0.412 e. The first-order valence-electron chi connectivity index (χ1n) is 8.91. The Bertz CT molecular complexity index is 827. The molecule has 3 rings (SSSR count). The molecule has 0 saturated carbocycles. The lowest BCUT2D eigenvalue weighted by Gasteiger charge is -2.25. The molecule has 1 saturated heterocycles. The Morgan fingerprint density at radius 3 is 3.00 bits per heavy atom. The fraction of sp³-hybridized carbons (Fsp3) is 0.556. The molecule has 1 aromatic rings. The van der Waals surface area contributed by atoms with Gasteiger partial charge in [-0.2, -0.15) is 9.37 Å². The van der Waals surface area contributed by atoms with Gasteiger partial charge in [-0.25, -0.2) is 9.78 Å². The highest BCUT2D eigenvalue weighted by Crippen LogP contribution is 2.37. The minimum absolute atomic E-state index is 0.0847. The average Bonchev–Trinajstić information content (AvgIpc) is 2.84. The van der Waals surface area contributed by atoms with Gasteiger partial charge in [-0.05, 0) is 19.8 Å². The highest BCUT2D eigenvalue weighted by Gasteiger charge is 2.48. The second-order valence-electron chi connectivity index (χ2n) is 6.56. The van der Waals surface area contributed by atoms with Crippen molar-refractivity contribution < 1.29 is 28.9 Å². The topological polar surface area (TPSA) is 126 Å². The van der Waals surface area contributed by atoms with Gasteiger partial charge in [0.2, 0.25) is 0 Å². The molecule has 0 spiro atoms. The van der Waals surface area contributed by atoms with Crippen LogP contribution in [0.2, 0.25) is 0 Å². The highest BCUT2D eigenvalue weighted by molar-refractivity contribution is 5.88. The Labute approximate surface area is 161 Å². The summed E-state index contributed by atoms with van der Waals surface area (Å²) in [6.07, 6.45) is 4.83. The molecule has 1 fully saturated rings. The van der Waals surface area contributed by atoms with E-state index in [1.807, 2.05) is 0 Å². The summed E-state index contributed by atoms with van der Waals surface area (Å²) in [5, 5.41) is 22.1. The Balaban J connectivity index is 1.83. The van der Waals surface area contributed by atoms with E-state index < -0.39 is 36.6 Å². The minimum Gasteiger partial charge on any atom is -0.450 e. The van der Waals surface area contributed by atoms with Crippen LogP contribution in [0.3, 0.4) is 0 Å². The smallest absolute Gasteiger partial charge is 0.412 e. The molecule has 2 aliphatic heterocycles. The molecule has 3 heterocycles. The summed E-state index contributed by atoms with van der Waals surface area (Å²) in [5.74, 6) is 1.98. The molecule has 2 aliphatic rings. The summed E-state index contributed by atoms with van der Waals surface area (Å²) >= 11 is 0. The van der Waals surface area contributed by atoms with E-state index in [-0.39, 0.29) is 30.5 Å². The molecule has 1 aromatic heterocycles. The van der Waals surface area contributed by atoms with Crippen molar-refractivity contribution in [1.82, 2.24) is 9.97 Å². The van der Waals surface area contributed by atoms with Gasteiger partial charge in [0, 0.05) is 18.6 Å². The fourth-order valence-corrected chi connectivity index (χ4v) is 3.35. The van der Waals surface area contributed by atoms with E-state index in [1.54, 1.807) is 13.1 Å². The monoisotopic (exact) mass is 392 g/mol. The van der Waals surface area contributed by atoms with Crippen molar-refractivity contribution in [3.05, 3.63) is 11.8 Å². The van der Waals surface area contributed by atoms with Crippen molar-refractivity contribution >= 4 is 23.8 Å². The summed E-state index contributed by atoms with van der Waals surface area (Å²) in [6.45, 7) is 1.29. The number of amides is 1. The van der Waals surface area contributed by atoms with E-state index in [0.29, 0.717) is 18.5 Å². The number of halogens is 1. The van der Waals surface area contributed by atoms with Crippen molar-refractivity contribution in [2.75, 3.05) is 18.5 Å². The number of aliphatic imine (C=N–C) groups is 1. The summed E-state index contributed by atoms with van der Waals surface area (Å²) in [4.78, 5) is 23.4. The van der Waals surface area contributed by atoms with Crippen LogP contribution in [0.15, 0.2) is 4.99 Å². The number of fused-ring (bicyclic) bond motifs is 1. The number of anilines is 1. The fourth-order valence-electron chi connectivity index (χ4n) is 3.35. The van der Waals surface area contributed by atoms with Crippen LogP contribution in [-0.2, 0) is 15.9 Å². The zero-order valence-electron chi connectivity index (χ0n) is 15.3. The van der Waals surface area contributed by atoms with Gasteiger partial charge in [0.25, 0.3) is 0 Å². The maximum atomic E-state index is 13.8. The molecule has 150 valence electrons. The van der Waals surface area contributed by atoms with Crippen LogP contribution < -0.4 is 5.32 Å². The Kier molecular flexibility index (Phi) is 5.88. The number of hydrogen-bond acceptors (Lipinski definition) is 8. The van der Waals surface area contributed by atoms with Crippen LogP contribution in [-0.4, -0.2) is 63.5 Å². The number of aliphatic hydroxyl groups excluding tert-OH is 2. The van der Waals surface area contributed by atoms with E-state index in [4.69, 9.17) is 15.9 Å². The van der Waals surface area contributed by atoms with Crippen molar-refractivity contribution in [3.8, 4) is 12.3 Å². The van der Waals surface area contributed by atoms with Crippen LogP contribution in [0.5, 0.6) is 0 Å². The molecular formula is C18H21FN4O5. The van der Waals surface area contributed by atoms with E-state index in [2.05, 4.69) is 26.2 Å². The van der Waals surface area contributed by atoms with Gasteiger partial charge in [0.1, 0.15) is 5.69 Å². The lowest BCUT2D eigenvalue weighted by molar-refractivity contribution is -0.0779. The second-order valence-corrected chi connectivity index (χ2v) is 6.56. The third-order valence-corrected chi connectivity index (χ3v) is 4.85. The van der Waals surface area contributed by atoms with Crippen molar-refractivity contribution in [3.63, 3.8) is 0 Å². The zero-order chi connectivity index (χ0) is 20.3. The lowest BCUT2D eigenvalue weighted by Crippen LogP contribution is -2.42. The maximum absolute atomic E-state index is 13.8. The van der Waals surface area contributed by atoms with Crippen LogP contribution in [0.1, 0.15) is 25.5 Å². The zero-order valence-corrected chi connectivity index (χ0v) is 15.3. The molecule has 1 amide bonds. The number of terminal acetylenes is 1. The number of carbonyl (C=O) groups is 1. The highest BCUT2D eigenvalue weighted by atomic mass is 19.1. The van der Waals surface area contributed by atoms with E-state index >= 15 is 0 Å². The number of rotatable bonds is 4. The van der Waals surface area contributed by atoms with Crippen LogP contribution in [0, 0.1) is 24.3 Å². The first kappa shape index (κ1) is 20.1. The third-order valence-electron chi connectivity index (χ3n) is 4.85. The Morgan fingerprint density at radius 1 is 1.57 bits per heavy atom. The van der Waals surface area contributed by atoms with Gasteiger partial charge in [-0.15, -0.1) is 6.42 Å². The van der Waals surface area contributed by atoms with Gasteiger partial charge in [0.15, 0.2) is 11.4 Å². The van der Waals surface area contributed by atoms with Gasteiger partial charge < -0.3 is 19.7 Å². The Morgan fingerprint density at radius 2 is 2.36 bits per heavy atom. The van der Waals surface area contributed by atoms with Crippen molar-refractivity contribution in [2.24, 2.45) is 10.9 Å². The molecule has 9 nitrogen and oxygen atoms in total. The predicted molar refractivity (Wildman–Crippen MR) is 96.7 cm³/mol. The Hall–Kier alpha value is -2.61. The van der Waals surface area contributed by atoms with Crippen LogP contribution >= 0.6 is 0 Å². The SMILES string of the molecule is C#C[C@]1(CO)O[C@@H](C2C=Nc3c(nc(F)nc3NC(=O)OCC)CC2)C[C@@H]1O. The lowest BCUT2D eigenvalue weighted by atomic mass is 9.92. The number of nitrogens with one attached hydrogen (secondary N) is 1.